The monoisotopic (exact) mass is 668 g/mol. The maximum atomic E-state index is 6.63. The van der Waals surface area contributed by atoms with Crippen molar-refractivity contribution in [2.75, 3.05) is 0 Å². The van der Waals surface area contributed by atoms with Crippen molar-refractivity contribution in [2.24, 2.45) is 11.8 Å². The van der Waals surface area contributed by atoms with Crippen molar-refractivity contribution >= 4 is 23.8 Å². The SMILES string of the molecule is C=Cc1ccc(C=C)cc1.CC(C)CC(CC(Cl)c1ccccc1)c1ccccc1.CC(C)CC(CCc1ccccc1)c1ccccc1. The summed E-state index contributed by atoms with van der Waals surface area (Å²) in [6.07, 6.45) is 9.52. The maximum Gasteiger partial charge on any atom is 0.0591 e. The number of benzene rings is 5. The molecule has 0 aliphatic rings. The van der Waals surface area contributed by atoms with Gasteiger partial charge in [0.1, 0.15) is 0 Å². The minimum atomic E-state index is 0.0835. The van der Waals surface area contributed by atoms with Crippen molar-refractivity contribution in [1.29, 1.82) is 0 Å². The summed E-state index contributed by atoms with van der Waals surface area (Å²) in [5.41, 5.74) is 7.86. The van der Waals surface area contributed by atoms with Gasteiger partial charge in [-0.05, 0) is 89.2 Å². The van der Waals surface area contributed by atoms with Crippen LogP contribution in [-0.4, -0.2) is 0 Å². The summed E-state index contributed by atoms with van der Waals surface area (Å²) in [7, 11) is 0. The molecule has 0 bridgehead atoms. The van der Waals surface area contributed by atoms with Gasteiger partial charge in [-0.25, -0.2) is 0 Å². The molecular formula is C48H57Cl. The highest BCUT2D eigenvalue weighted by atomic mass is 35.5. The Bertz CT molecular complexity index is 1530. The van der Waals surface area contributed by atoms with Crippen LogP contribution in [0.3, 0.4) is 0 Å². The van der Waals surface area contributed by atoms with Crippen molar-refractivity contribution in [2.45, 2.75) is 77.0 Å². The molecule has 0 saturated heterocycles. The third kappa shape index (κ3) is 15.3. The van der Waals surface area contributed by atoms with Gasteiger partial charge in [0.25, 0.3) is 0 Å². The summed E-state index contributed by atoms with van der Waals surface area (Å²) in [5, 5.41) is 0.0835. The van der Waals surface area contributed by atoms with E-state index >= 15 is 0 Å². The molecule has 5 aromatic carbocycles. The molecule has 0 N–H and O–H groups in total. The molecular weight excluding hydrogens is 612 g/mol. The van der Waals surface area contributed by atoms with Crippen LogP contribution in [0.1, 0.15) is 104 Å². The van der Waals surface area contributed by atoms with Crippen LogP contribution in [0.2, 0.25) is 0 Å². The van der Waals surface area contributed by atoms with Crippen LogP contribution in [0, 0.1) is 11.8 Å². The third-order valence-corrected chi connectivity index (χ3v) is 9.17. The van der Waals surface area contributed by atoms with Gasteiger partial charge in [-0.3, -0.25) is 0 Å². The van der Waals surface area contributed by atoms with Crippen molar-refractivity contribution < 1.29 is 0 Å². The first-order valence-electron chi connectivity index (χ1n) is 18.0. The van der Waals surface area contributed by atoms with E-state index in [0.29, 0.717) is 17.8 Å². The fourth-order valence-corrected chi connectivity index (χ4v) is 6.54. The molecule has 3 atom stereocenters. The molecule has 49 heavy (non-hydrogen) atoms. The molecule has 0 amide bonds. The lowest BCUT2D eigenvalue weighted by Gasteiger charge is -2.22. The van der Waals surface area contributed by atoms with Gasteiger partial charge in [-0.1, -0.05) is 199 Å². The Balaban J connectivity index is 0.000000210. The van der Waals surface area contributed by atoms with E-state index in [1.54, 1.807) is 0 Å². The van der Waals surface area contributed by atoms with Crippen molar-refractivity contribution in [3.63, 3.8) is 0 Å². The van der Waals surface area contributed by atoms with Gasteiger partial charge in [-0.2, -0.15) is 0 Å². The molecule has 256 valence electrons. The first-order chi connectivity index (χ1) is 23.8. The van der Waals surface area contributed by atoms with Crippen molar-refractivity contribution in [1.82, 2.24) is 0 Å². The molecule has 0 heterocycles. The zero-order valence-corrected chi connectivity index (χ0v) is 31.0. The lowest BCUT2D eigenvalue weighted by Crippen LogP contribution is -2.06. The van der Waals surface area contributed by atoms with E-state index < -0.39 is 0 Å². The summed E-state index contributed by atoms with van der Waals surface area (Å²) in [6, 6.07) is 51.0. The zero-order valence-electron chi connectivity index (χ0n) is 30.2. The lowest BCUT2D eigenvalue weighted by molar-refractivity contribution is 0.472. The minimum absolute atomic E-state index is 0.0835. The molecule has 1 heteroatoms. The van der Waals surface area contributed by atoms with Crippen LogP contribution in [0.4, 0.5) is 0 Å². The second-order valence-corrected chi connectivity index (χ2v) is 14.2. The Morgan fingerprint density at radius 2 is 0.837 bits per heavy atom. The second kappa shape index (κ2) is 22.5. The molecule has 3 unspecified atom stereocenters. The standard InChI is InChI=1S/C19H23Cl.C19H24.C10H10/c1-15(2)13-18(16-9-5-3-6-10-16)14-19(20)17-11-7-4-8-12-17;1-16(2)15-19(18-11-7-4-8-12-18)14-13-17-9-5-3-6-10-17;1-3-9-5-7-10(4-2)8-6-9/h3-12,15,18-19H,13-14H2,1-2H3;3-12,16,19H,13-15H2,1-2H3;3-8H,1-2H2. The van der Waals surface area contributed by atoms with Gasteiger partial charge < -0.3 is 0 Å². The van der Waals surface area contributed by atoms with Crippen LogP contribution in [0.15, 0.2) is 159 Å². The van der Waals surface area contributed by atoms with Gasteiger partial charge in [0.05, 0.1) is 5.38 Å². The number of alkyl halides is 1. The Hall–Kier alpha value is -4.13. The first-order valence-corrected chi connectivity index (χ1v) is 18.4. The predicted molar refractivity (Wildman–Crippen MR) is 218 cm³/mol. The normalized spacial score (nSPS) is 12.5. The third-order valence-electron chi connectivity index (χ3n) is 8.74. The summed E-state index contributed by atoms with van der Waals surface area (Å²) >= 11 is 6.63. The first kappa shape index (κ1) is 39.3. The molecule has 0 aromatic heterocycles. The molecule has 5 rings (SSSR count). The number of hydrogen-bond acceptors (Lipinski definition) is 0. The maximum absolute atomic E-state index is 6.63. The largest absolute Gasteiger partial charge is 0.118 e. The number of hydrogen-bond donors (Lipinski definition) is 0. The van der Waals surface area contributed by atoms with Crippen LogP contribution in [-0.2, 0) is 6.42 Å². The Morgan fingerprint density at radius 1 is 0.469 bits per heavy atom. The van der Waals surface area contributed by atoms with Gasteiger partial charge in [0.2, 0.25) is 0 Å². The Kier molecular flexibility index (Phi) is 18.0. The highest BCUT2D eigenvalue weighted by Gasteiger charge is 2.19. The lowest BCUT2D eigenvalue weighted by atomic mass is 9.85. The van der Waals surface area contributed by atoms with E-state index in [1.165, 1.54) is 47.9 Å². The molecule has 0 fully saturated rings. The number of aryl methyl sites for hydroxylation is 1. The van der Waals surface area contributed by atoms with Crippen molar-refractivity contribution in [3.05, 3.63) is 192 Å². The van der Waals surface area contributed by atoms with Crippen LogP contribution in [0.25, 0.3) is 12.2 Å². The molecule has 0 spiro atoms. The highest BCUT2D eigenvalue weighted by Crippen LogP contribution is 2.36. The average molecular weight is 669 g/mol. The Morgan fingerprint density at radius 3 is 1.24 bits per heavy atom. The topological polar surface area (TPSA) is 0 Å². The average Bonchev–Trinajstić information content (AvgIpc) is 3.15. The smallest absolute Gasteiger partial charge is 0.0591 e. The fourth-order valence-electron chi connectivity index (χ4n) is 6.18. The van der Waals surface area contributed by atoms with E-state index in [9.17, 15) is 0 Å². The molecule has 5 aromatic rings. The quantitative estimate of drug-likeness (QED) is 0.103. The van der Waals surface area contributed by atoms with Gasteiger partial charge in [0.15, 0.2) is 0 Å². The Labute approximate surface area is 303 Å². The van der Waals surface area contributed by atoms with Crippen molar-refractivity contribution in [3.8, 4) is 0 Å². The number of rotatable bonds is 14. The van der Waals surface area contributed by atoms with E-state index in [0.717, 1.165) is 23.5 Å². The van der Waals surface area contributed by atoms with E-state index in [4.69, 9.17) is 11.6 Å². The molecule has 0 saturated carbocycles. The van der Waals surface area contributed by atoms with Crippen LogP contribution >= 0.6 is 11.6 Å². The fraction of sp³-hybridized carbons (Fsp3) is 0.292. The van der Waals surface area contributed by atoms with Crippen LogP contribution in [0.5, 0.6) is 0 Å². The summed E-state index contributed by atoms with van der Waals surface area (Å²) < 4.78 is 0. The van der Waals surface area contributed by atoms with E-state index in [2.05, 4.69) is 156 Å². The molecule has 0 aliphatic carbocycles. The van der Waals surface area contributed by atoms with Crippen LogP contribution < -0.4 is 0 Å². The van der Waals surface area contributed by atoms with Gasteiger partial charge in [0, 0.05) is 0 Å². The van der Waals surface area contributed by atoms with Gasteiger partial charge >= 0.3 is 0 Å². The summed E-state index contributed by atoms with van der Waals surface area (Å²) in [5.74, 6) is 2.64. The number of halogens is 1. The summed E-state index contributed by atoms with van der Waals surface area (Å²) in [6.45, 7) is 16.5. The predicted octanol–water partition coefficient (Wildman–Crippen LogP) is 14.6. The van der Waals surface area contributed by atoms with E-state index in [1.807, 2.05) is 42.5 Å². The second-order valence-electron chi connectivity index (χ2n) is 13.7. The van der Waals surface area contributed by atoms with Gasteiger partial charge in [-0.15, -0.1) is 11.6 Å². The molecule has 0 radical (unpaired) electrons. The minimum Gasteiger partial charge on any atom is -0.118 e. The molecule has 0 aliphatic heterocycles. The zero-order chi connectivity index (χ0) is 35.3. The summed E-state index contributed by atoms with van der Waals surface area (Å²) in [4.78, 5) is 0. The highest BCUT2D eigenvalue weighted by molar-refractivity contribution is 6.20. The molecule has 0 nitrogen and oxygen atoms in total. The van der Waals surface area contributed by atoms with E-state index in [-0.39, 0.29) is 5.38 Å².